The summed E-state index contributed by atoms with van der Waals surface area (Å²) in [5.74, 6) is -1.01. The van der Waals surface area contributed by atoms with Crippen LogP contribution in [0.4, 0.5) is 14.4 Å². The van der Waals surface area contributed by atoms with Crippen LogP contribution in [0.5, 0.6) is 0 Å². The number of nitrogens with one attached hydrogen (secondary N) is 3. The van der Waals surface area contributed by atoms with Gasteiger partial charge in [0.15, 0.2) is 0 Å². The van der Waals surface area contributed by atoms with E-state index in [9.17, 15) is 28.8 Å². The molecule has 2 saturated carbocycles. The Morgan fingerprint density at radius 3 is 1.54 bits per heavy atom. The van der Waals surface area contributed by atoms with E-state index in [4.69, 9.17) is 23.7 Å². The Morgan fingerprint density at radius 2 is 1.02 bits per heavy atom. The zero-order valence-electron chi connectivity index (χ0n) is 32.5. The molecule has 14 nitrogen and oxygen atoms in total. The summed E-state index contributed by atoms with van der Waals surface area (Å²) < 4.78 is 25.7. The Bertz CT molecular complexity index is 1340. The maximum Gasteiger partial charge on any atom is 0.407 e. The third-order valence-corrected chi connectivity index (χ3v) is 9.28. The molecule has 4 atom stereocenters. The van der Waals surface area contributed by atoms with Crippen LogP contribution in [-0.4, -0.2) is 86.7 Å². The van der Waals surface area contributed by atoms with Crippen molar-refractivity contribution in [2.24, 2.45) is 16.2 Å². The third-order valence-electron chi connectivity index (χ3n) is 9.28. The first-order valence-electron chi connectivity index (χ1n) is 18.0. The van der Waals surface area contributed by atoms with Crippen LogP contribution in [0.2, 0.25) is 0 Å². The van der Waals surface area contributed by atoms with E-state index in [1.165, 1.54) is 13.8 Å². The number of unbranched alkanes of at least 4 members (excludes halogenated alkanes) is 1. The predicted octanol–water partition coefficient (Wildman–Crippen LogP) is 6.07. The van der Waals surface area contributed by atoms with E-state index in [1.54, 1.807) is 0 Å². The van der Waals surface area contributed by atoms with Gasteiger partial charge >= 0.3 is 30.2 Å². The average molecular weight is 736 g/mol. The van der Waals surface area contributed by atoms with Crippen molar-refractivity contribution in [1.29, 1.82) is 0 Å². The number of ketones is 1. The zero-order chi connectivity index (χ0) is 39.3. The van der Waals surface area contributed by atoms with Crippen LogP contribution in [0.3, 0.4) is 0 Å². The minimum Gasteiger partial charge on any atom is -0.459 e. The Hall–Kier alpha value is -4.10. The summed E-state index contributed by atoms with van der Waals surface area (Å²) >= 11 is 0. The minimum absolute atomic E-state index is 0.0787. The van der Waals surface area contributed by atoms with Crippen molar-refractivity contribution >= 4 is 36.0 Å². The lowest BCUT2D eigenvalue weighted by Gasteiger charge is -2.46. The maximum absolute atomic E-state index is 13.5. The van der Waals surface area contributed by atoms with Crippen LogP contribution in [0.25, 0.3) is 0 Å². The highest BCUT2D eigenvalue weighted by molar-refractivity contribution is 5.87. The van der Waals surface area contributed by atoms with Gasteiger partial charge in [-0.05, 0) is 83.0 Å². The highest BCUT2D eigenvalue weighted by atomic mass is 16.6. The van der Waals surface area contributed by atoms with Gasteiger partial charge in [0.25, 0.3) is 0 Å². The summed E-state index contributed by atoms with van der Waals surface area (Å²) in [6, 6.07) is -0.520. The third kappa shape index (κ3) is 15.6. The molecule has 2 aliphatic carbocycles. The van der Waals surface area contributed by atoms with Crippen molar-refractivity contribution in [3.05, 3.63) is 24.3 Å². The number of hydrogen-bond acceptors (Lipinski definition) is 11. The van der Waals surface area contributed by atoms with Crippen LogP contribution in [0.1, 0.15) is 113 Å². The van der Waals surface area contributed by atoms with Gasteiger partial charge in [0, 0.05) is 40.6 Å². The molecule has 0 aromatic carbocycles. The van der Waals surface area contributed by atoms with Crippen molar-refractivity contribution in [2.45, 2.75) is 131 Å². The number of rotatable bonds is 17. The average Bonchev–Trinajstić information content (AvgIpc) is 2.98. The number of hydrogen-bond donors (Lipinski definition) is 3. The van der Waals surface area contributed by atoms with Crippen LogP contribution in [-0.2, 0) is 38.1 Å². The smallest absolute Gasteiger partial charge is 0.407 e. The molecule has 0 spiro atoms. The van der Waals surface area contributed by atoms with Crippen LogP contribution >= 0.6 is 0 Å². The number of carbonyl (C=O) groups is 6. The van der Waals surface area contributed by atoms with Gasteiger partial charge in [-0.1, -0.05) is 47.8 Å². The number of Topliss-reactive ketones (excluding diaryl/α,β-unsaturated/α-hetero) is 1. The van der Waals surface area contributed by atoms with E-state index in [0.717, 1.165) is 0 Å². The van der Waals surface area contributed by atoms with Gasteiger partial charge in [-0.2, -0.15) is 0 Å². The fourth-order valence-electron chi connectivity index (χ4n) is 7.82. The molecule has 14 heteroatoms. The quantitative estimate of drug-likeness (QED) is 0.0682. The molecule has 0 heterocycles. The van der Waals surface area contributed by atoms with Crippen molar-refractivity contribution in [1.82, 2.24) is 16.0 Å². The van der Waals surface area contributed by atoms with E-state index < -0.39 is 41.2 Å². The standard InChI is InChI=1S/C38H61N3O11/c1-25(2)30(43)48-15-17-51-33(46)39-27-19-35(5,6)23-37(9,21-27)29(42)13-11-12-14-50-32(45)40-28-20-36(7,8)24-38(10,22-28)41-34(47)52-18-16-49-31(44)26(3)4/h27-28H,1,3,11-24H2,2,4-10H3,(H,39,46)(H,40,45)(H,41,47). The Labute approximate surface area is 308 Å². The molecule has 0 aromatic heterocycles. The zero-order valence-corrected chi connectivity index (χ0v) is 32.5. The Morgan fingerprint density at radius 1 is 0.577 bits per heavy atom. The molecule has 0 aliphatic heterocycles. The lowest BCUT2D eigenvalue weighted by molar-refractivity contribution is -0.140. The van der Waals surface area contributed by atoms with Crippen LogP contribution in [0.15, 0.2) is 24.3 Å². The first-order chi connectivity index (χ1) is 24.0. The van der Waals surface area contributed by atoms with E-state index in [2.05, 4.69) is 56.8 Å². The highest BCUT2D eigenvalue weighted by Crippen LogP contribution is 2.47. The van der Waals surface area contributed by atoms with Crippen molar-refractivity contribution in [3.63, 3.8) is 0 Å². The largest absolute Gasteiger partial charge is 0.459 e. The van der Waals surface area contributed by atoms with Crippen molar-refractivity contribution < 1.29 is 52.5 Å². The molecule has 3 N–H and O–H groups in total. The topological polar surface area (TPSA) is 185 Å². The van der Waals surface area contributed by atoms with Gasteiger partial charge in [-0.15, -0.1) is 0 Å². The fourth-order valence-corrected chi connectivity index (χ4v) is 7.82. The second-order valence-electron chi connectivity index (χ2n) is 16.5. The molecule has 2 aliphatic rings. The molecule has 4 unspecified atom stereocenters. The van der Waals surface area contributed by atoms with Gasteiger partial charge in [0.05, 0.1) is 6.61 Å². The second-order valence-corrected chi connectivity index (χ2v) is 16.5. The highest BCUT2D eigenvalue weighted by Gasteiger charge is 2.46. The summed E-state index contributed by atoms with van der Waals surface area (Å²) in [6.45, 7) is 22.0. The lowest BCUT2D eigenvalue weighted by Crippen LogP contribution is -2.57. The van der Waals surface area contributed by atoms with Crippen molar-refractivity contribution in [2.75, 3.05) is 33.0 Å². The summed E-state index contributed by atoms with van der Waals surface area (Å²) in [5.41, 5.74) is -1.18. The molecule has 0 bridgehead atoms. The molecular formula is C38H61N3O11. The van der Waals surface area contributed by atoms with Crippen LogP contribution in [0, 0.1) is 16.2 Å². The van der Waals surface area contributed by atoms with Gasteiger partial charge < -0.3 is 39.6 Å². The minimum atomic E-state index is -0.661. The number of esters is 2. The normalized spacial score (nSPS) is 24.6. The van der Waals surface area contributed by atoms with E-state index in [1.807, 2.05) is 13.8 Å². The summed E-state index contributed by atoms with van der Waals surface area (Å²) in [7, 11) is 0. The summed E-state index contributed by atoms with van der Waals surface area (Å²) in [4.78, 5) is 74.1. The molecule has 2 fully saturated rings. The van der Waals surface area contributed by atoms with E-state index >= 15 is 0 Å². The number of amides is 3. The van der Waals surface area contributed by atoms with Gasteiger partial charge in [-0.3, -0.25) is 4.79 Å². The Balaban J connectivity index is 1.77. The molecule has 0 saturated heterocycles. The molecule has 3 amide bonds. The second kappa shape index (κ2) is 19.1. The lowest BCUT2D eigenvalue weighted by atomic mass is 9.60. The molecule has 0 radical (unpaired) electrons. The Kier molecular flexibility index (Phi) is 16.2. The van der Waals surface area contributed by atoms with Crippen molar-refractivity contribution in [3.8, 4) is 0 Å². The molecular weight excluding hydrogens is 674 g/mol. The maximum atomic E-state index is 13.5. The summed E-state index contributed by atoms with van der Waals surface area (Å²) in [5, 5.41) is 8.72. The summed E-state index contributed by atoms with van der Waals surface area (Å²) in [6.07, 6.45) is 3.18. The fraction of sp³-hybridized carbons (Fsp3) is 0.737. The van der Waals surface area contributed by atoms with Crippen LogP contribution < -0.4 is 16.0 Å². The number of alkyl carbamates (subject to hydrolysis) is 3. The first kappa shape index (κ1) is 44.1. The molecule has 0 aromatic rings. The monoisotopic (exact) mass is 735 g/mol. The predicted molar refractivity (Wildman–Crippen MR) is 193 cm³/mol. The SMILES string of the molecule is C=C(C)C(=O)OCCOC(=O)NC1CC(C)(C)CC(C)(C(=O)CCCCOC(=O)NC2CC(C)(C)CC(C)(NC(=O)OCCOC(=O)C(=C)C)C2)C1. The molecule has 2 rings (SSSR count). The first-order valence-corrected chi connectivity index (χ1v) is 18.0. The molecule has 52 heavy (non-hydrogen) atoms. The van der Waals surface area contributed by atoms with Gasteiger partial charge in [0.1, 0.15) is 32.2 Å². The number of ether oxygens (including phenoxy) is 5. The molecule has 294 valence electrons. The van der Waals surface area contributed by atoms with E-state index in [0.29, 0.717) is 57.8 Å². The van der Waals surface area contributed by atoms with Gasteiger partial charge in [-0.25, -0.2) is 24.0 Å². The van der Waals surface area contributed by atoms with E-state index in [-0.39, 0.29) is 72.9 Å². The number of carbonyl (C=O) groups excluding carboxylic acids is 6. The van der Waals surface area contributed by atoms with Gasteiger partial charge in [0.2, 0.25) is 0 Å².